The van der Waals surface area contributed by atoms with Gasteiger partial charge in [0.1, 0.15) is 0 Å². The van der Waals surface area contributed by atoms with E-state index >= 15 is 0 Å². The van der Waals surface area contributed by atoms with Crippen molar-refractivity contribution in [1.82, 2.24) is 0 Å². The topological polar surface area (TPSA) is 40.5 Å². The molecular weight excluding hydrogens is 284 g/mol. The Morgan fingerprint density at radius 2 is 1.78 bits per heavy atom. The molecule has 0 bridgehead atoms. The van der Waals surface area contributed by atoms with Gasteiger partial charge in [-0.25, -0.2) is 0 Å². The Hall–Kier alpha value is -0.340. The number of aliphatic hydroxyl groups is 2. The third-order valence-corrected chi connectivity index (χ3v) is 9.02. The van der Waals surface area contributed by atoms with Crippen LogP contribution >= 0.6 is 0 Å². The Labute approximate surface area is 141 Å². The summed E-state index contributed by atoms with van der Waals surface area (Å²) in [6, 6.07) is 0. The Kier molecular flexibility index (Phi) is 3.57. The van der Waals surface area contributed by atoms with Gasteiger partial charge < -0.3 is 10.2 Å². The number of hydrogen-bond acceptors (Lipinski definition) is 2. The molecule has 2 nitrogen and oxygen atoms in total. The molecule has 7 atom stereocenters. The monoisotopic (exact) mass is 318 g/mol. The predicted molar refractivity (Wildman–Crippen MR) is 93.0 cm³/mol. The quantitative estimate of drug-likeness (QED) is 0.648. The van der Waals surface area contributed by atoms with Gasteiger partial charge in [0.25, 0.3) is 0 Å². The van der Waals surface area contributed by atoms with Crippen LogP contribution in [0.3, 0.4) is 0 Å². The fourth-order valence-electron chi connectivity index (χ4n) is 7.50. The van der Waals surface area contributed by atoms with E-state index in [1.165, 1.54) is 25.7 Å². The van der Waals surface area contributed by atoms with E-state index in [0.29, 0.717) is 23.2 Å². The summed E-state index contributed by atoms with van der Waals surface area (Å²) >= 11 is 0. The first kappa shape index (κ1) is 16.1. The third-order valence-electron chi connectivity index (χ3n) is 9.02. The van der Waals surface area contributed by atoms with E-state index in [1.54, 1.807) is 5.57 Å². The van der Waals surface area contributed by atoms with E-state index in [0.717, 1.165) is 32.1 Å². The van der Waals surface area contributed by atoms with Crippen LogP contribution in [-0.2, 0) is 0 Å². The Balaban J connectivity index is 1.70. The summed E-state index contributed by atoms with van der Waals surface area (Å²) in [6.45, 7) is 7.02. The second kappa shape index (κ2) is 5.08. The van der Waals surface area contributed by atoms with Crippen LogP contribution in [0.15, 0.2) is 11.6 Å². The predicted octanol–water partition coefficient (Wildman–Crippen LogP) is 4.45. The van der Waals surface area contributed by atoms with E-state index in [9.17, 15) is 10.2 Å². The number of aliphatic hydroxyl groups excluding tert-OH is 1. The Morgan fingerprint density at radius 3 is 2.52 bits per heavy atom. The zero-order valence-corrected chi connectivity index (χ0v) is 15.1. The molecular formula is C21H34O2. The lowest BCUT2D eigenvalue weighted by molar-refractivity contribution is -0.235. The molecule has 130 valence electrons. The smallest absolute Gasteiger partial charge is 0.0735 e. The van der Waals surface area contributed by atoms with Gasteiger partial charge in [0, 0.05) is 0 Å². The molecule has 4 rings (SSSR count). The number of hydrogen-bond donors (Lipinski definition) is 2. The molecule has 4 aliphatic rings. The lowest BCUT2D eigenvalue weighted by Crippen LogP contribution is -2.65. The van der Waals surface area contributed by atoms with E-state index in [2.05, 4.69) is 26.8 Å². The van der Waals surface area contributed by atoms with Crippen molar-refractivity contribution in [3.05, 3.63) is 11.6 Å². The molecule has 4 saturated carbocycles. The molecule has 0 amide bonds. The molecule has 23 heavy (non-hydrogen) atoms. The summed E-state index contributed by atoms with van der Waals surface area (Å²) in [6.07, 6.45) is 12.0. The van der Waals surface area contributed by atoms with Crippen LogP contribution in [-0.4, -0.2) is 21.9 Å². The van der Waals surface area contributed by atoms with Crippen LogP contribution in [0.2, 0.25) is 0 Å². The van der Waals surface area contributed by atoms with Gasteiger partial charge in [0.2, 0.25) is 0 Å². The highest BCUT2D eigenvalue weighted by Gasteiger charge is 2.65. The fourth-order valence-corrected chi connectivity index (χ4v) is 7.50. The van der Waals surface area contributed by atoms with Crippen molar-refractivity contribution in [3.8, 4) is 0 Å². The minimum absolute atomic E-state index is 0.0230. The number of allylic oxidation sites excluding steroid dienone is 2. The zero-order valence-electron chi connectivity index (χ0n) is 15.1. The summed E-state index contributed by atoms with van der Waals surface area (Å²) in [4.78, 5) is 0. The van der Waals surface area contributed by atoms with Crippen molar-refractivity contribution in [2.24, 2.45) is 28.6 Å². The largest absolute Gasteiger partial charge is 0.393 e. The van der Waals surface area contributed by atoms with Crippen molar-refractivity contribution >= 4 is 0 Å². The molecule has 4 fully saturated rings. The molecule has 2 unspecified atom stereocenters. The van der Waals surface area contributed by atoms with Gasteiger partial charge in [-0.3, -0.25) is 0 Å². The van der Waals surface area contributed by atoms with Crippen LogP contribution in [0.5, 0.6) is 0 Å². The molecule has 2 N–H and O–H groups in total. The SMILES string of the molecule is CC=C1CCC2C3CC[C@@H]4C[C@H](O)CC[C@]4(C)[C@@]3(O)CC[C@]12C. The average Bonchev–Trinajstić information content (AvgIpc) is 2.86. The summed E-state index contributed by atoms with van der Waals surface area (Å²) in [5.74, 6) is 1.65. The van der Waals surface area contributed by atoms with Gasteiger partial charge >= 0.3 is 0 Å². The van der Waals surface area contributed by atoms with E-state index in [4.69, 9.17) is 0 Å². The summed E-state index contributed by atoms with van der Waals surface area (Å²) in [5.41, 5.74) is 1.51. The maximum atomic E-state index is 12.0. The van der Waals surface area contributed by atoms with E-state index in [-0.39, 0.29) is 11.5 Å². The van der Waals surface area contributed by atoms with Gasteiger partial charge in [0.15, 0.2) is 0 Å². The summed E-state index contributed by atoms with van der Waals surface area (Å²) in [5, 5.41) is 22.1. The van der Waals surface area contributed by atoms with E-state index < -0.39 is 5.60 Å². The summed E-state index contributed by atoms with van der Waals surface area (Å²) < 4.78 is 0. The molecule has 4 aliphatic carbocycles. The van der Waals surface area contributed by atoms with Crippen molar-refractivity contribution < 1.29 is 10.2 Å². The standard InChI is InChI=1S/C21H34O2/c1-4-14-5-7-17-18-8-6-15-13-16(22)9-10-20(15,3)21(18,23)12-11-19(14,17)2/h4,15-18,22-23H,5-13H2,1-3H3/t15-,16-,17?,18?,19-,20+,21-/m1/s1. The van der Waals surface area contributed by atoms with Crippen LogP contribution < -0.4 is 0 Å². The maximum Gasteiger partial charge on any atom is 0.0735 e. The minimum Gasteiger partial charge on any atom is -0.393 e. The molecule has 2 heteroatoms. The second-order valence-electron chi connectivity index (χ2n) is 9.53. The third kappa shape index (κ3) is 1.94. The van der Waals surface area contributed by atoms with E-state index in [1.807, 2.05) is 0 Å². The Morgan fingerprint density at radius 1 is 1.00 bits per heavy atom. The lowest BCUT2D eigenvalue weighted by Gasteiger charge is -2.65. The molecule has 0 aromatic carbocycles. The highest BCUT2D eigenvalue weighted by atomic mass is 16.3. The second-order valence-corrected chi connectivity index (χ2v) is 9.53. The lowest BCUT2D eigenvalue weighted by atomic mass is 9.42. The minimum atomic E-state index is -0.497. The number of rotatable bonds is 0. The van der Waals surface area contributed by atoms with Gasteiger partial charge in [-0.05, 0) is 93.3 Å². The molecule has 0 saturated heterocycles. The first-order valence-corrected chi connectivity index (χ1v) is 9.91. The summed E-state index contributed by atoms with van der Waals surface area (Å²) in [7, 11) is 0. The average molecular weight is 319 g/mol. The van der Waals surface area contributed by atoms with Gasteiger partial charge in [0.05, 0.1) is 11.7 Å². The normalized spacial score (nSPS) is 57.7. The molecule has 0 aromatic rings. The highest BCUT2D eigenvalue weighted by Crippen LogP contribution is 2.68. The first-order valence-electron chi connectivity index (χ1n) is 9.91. The van der Waals surface area contributed by atoms with Crippen LogP contribution in [0.1, 0.15) is 78.6 Å². The zero-order chi connectivity index (χ0) is 16.5. The highest BCUT2D eigenvalue weighted by molar-refractivity contribution is 5.26. The molecule has 0 spiro atoms. The maximum absolute atomic E-state index is 12.0. The van der Waals surface area contributed by atoms with Gasteiger partial charge in [-0.2, -0.15) is 0 Å². The van der Waals surface area contributed by atoms with Crippen LogP contribution in [0, 0.1) is 28.6 Å². The van der Waals surface area contributed by atoms with Gasteiger partial charge in [-0.15, -0.1) is 0 Å². The first-order chi connectivity index (χ1) is 10.8. The van der Waals surface area contributed by atoms with Crippen molar-refractivity contribution in [3.63, 3.8) is 0 Å². The fraction of sp³-hybridized carbons (Fsp3) is 0.905. The van der Waals surface area contributed by atoms with Crippen molar-refractivity contribution in [2.45, 2.75) is 90.3 Å². The molecule has 0 heterocycles. The number of fused-ring (bicyclic) bond motifs is 5. The van der Waals surface area contributed by atoms with Gasteiger partial charge in [-0.1, -0.05) is 25.5 Å². The van der Waals surface area contributed by atoms with Crippen LogP contribution in [0.25, 0.3) is 0 Å². The van der Waals surface area contributed by atoms with Crippen molar-refractivity contribution in [1.29, 1.82) is 0 Å². The van der Waals surface area contributed by atoms with Crippen molar-refractivity contribution in [2.75, 3.05) is 0 Å². The molecule has 0 radical (unpaired) electrons. The molecule has 0 aliphatic heterocycles. The Bertz CT molecular complexity index is 526. The molecule has 0 aromatic heterocycles. The van der Waals surface area contributed by atoms with Crippen LogP contribution in [0.4, 0.5) is 0 Å².